The first-order valence-electron chi connectivity index (χ1n) is 6.81. The third kappa shape index (κ3) is 6.12. The average Bonchev–Trinajstić information content (AvgIpc) is 2.35. The Kier molecular flexibility index (Phi) is 7.62. The molecule has 102 valence electrons. The molecule has 0 saturated carbocycles. The van der Waals surface area contributed by atoms with Crippen LogP contribution in [0.5, 0.6) is 0 Å². The lowest BCUT2D eigenvalue weighted by atomic mass is 10.0. The fourth-order valence-corrected chi connectivity index (χ4v) is 2.09. The molecule has 0 aliphatic carbocycles. The molecule has 0 aliphatic heterocycles. The van der Waals surface area contributed by atoms with Crippen molar-refractivity contribution < 1.29 is 9.13 Å². The van der Waals surface area contributed by atoms with Gasteiger partial charge < -0.3 is 10.1 Å². The number of nitrogens with one attached hydrogen (secondary N) is 1. The van der Waals surface area contributed by atoms with E-state index in [9.17, 15) is 4.39 Å². The molecule has 0 fully saturated rings. The van der Waals surface area contributed by atoms with Crippen LogP contribution < -0.4 is 5.32 Å². The summed E-state index contributed by atoms with van der Waals surface area (Å²) in [5.74, 6) is -0.155. The molecule has 18 heavy (non-hydrogen) atoms. The van der Waals surface area contributed by atoms with E-state index >= 15 is 0 Å². The third-order valence-electron chi connectivity index (χ3n) is 2.91. The largest absolute Gasteiger partial charge is 0.382 e. The summed E-state index contributed by atoms with van der Waals surface area (Å²) in [5, 5.41) is 3.45. The fourth-order valence-electron chi connectivity index (χ4n) is 2.09. The summed E-state index contributed by atoms with van der Waals surface area (Å²) >= 11 is 0. The fraction of sp³-hybridized carbons (Fsp3) is 0.600. The van der Waals surface area contributed by atoms with Crippen molar-refractivity contribution in [2.24, 2.45) is 0 Å². The van der Waals surface area contributed by atoms with Crippen molar-refractivity contribution >= 4 is 0 Å². The molecule has 0 aromatic heterocycles. The van der Waals surface area contributed by atoms with Gasteiger partial charge in [0.1, 0.15) is 5.82 Å². The zero-order chi connectivity index (χ0) is 13.2. The molecule has 1 rings (SSSR count). The van der Waals surface area contributed by atoms with Gasteiger partial charge in [-0.2, -0.15) is 0 Å². The Morgan fingerprint density at radius 2 is 2.17 bits per heavy atom. The zero-order valence-electron chi connectivity index (χ0n) is 11.4. The summed E-state index contributed by atoms with van der Waals surface area (Å²) in [6.45, 7) is 6.63. The molecular formula is C15H24FNO. The molecule has 1 aromatic rings. The van der Waals surface area contributed by atoms with Crippen LogP contribution >= 0.6 is 0 Å². The van der Waals surface area contributed by atoms with E-state index in [4.69, 9.17) is 4.74 Å². The lowest BCUT2D eigenvalue weighted by molar-refractivity contribution is 0.141. The standard InChI is InChI=1S/C15H24FNO/c1-3-17-15(9-6-10-18-4-2)12-13-7-5-8-14(16)11-13/h5,7-8,11,15,17H,3-4,6,9-10,12H2,1-2H3. The van der Waals surface area contributed by atoms with Gasteiger partial charge in [0.25, 0.3) is 0 Å². The summed E-state index contributed by atoms with van der Waals surface area (Å²) in [6, 6.07) is 7.26. The monoisotopic (exact) mass is 253 g/mol. The Hall–Kier alpha value is -0.930. The predicted octanol–water partition coefficient (Wildman–Crippen LogP) is 3.16. The molecule has 1 unspecified atom stereocenters. The van der Waals surface area contributed by atoms with Crippen LogP contribution in [0.4, 0.5) is 4.39 Å². The predicted molar refractivity (Wildman–Crippen MR) is 73.3 cm³/mol. The van der Waals surface area contributed by atoms with Crippen LogP contribution in [0.1, 0.15) is 32.3 Å². The van der Waals surface area contributed by atoms with Crippen molar-refractivity contribution in [3.8, 4) is 0 Å². The van der Waals surface area contributed by atoms with E-state index in [0.29, 0.717) is 6.04 Å². The van der Waals surface area contributed by atoms with E-state index in [1.165, 1.54) is 6.07 Å². The van der Waals surface area contributed by atoms with Gasteiger partial charge >= 0.3 is 0 Å². The van der Waals surface area contributed by atoms with E-state index in [1.807, 2.05) is 13.0 Å². The molecule has 1 N–H and O–H groups in total. The van der Waals surface area contributed by atoms with Crippen LogP contribution in [0.2, 0.25) is 0 Å². The van der Waals surface area contributed by atoms with E-state index in [-0.39, 0.29) is 5.82 Å². The van der Waals surface area contributed by atoms with E-state index in [2.05, 4.69) is 12.2 Å². The van der Waals surface area contributed by atoms with Crippen molar-refractivity contribution in [3.63, 3.8) is 0 Å². The highest BCUT2D eigenvalue weighted by atomic mass is 19.1. The van der Waals surface area contributed by atoms with Crippen LogP contribution in [0, 0.1) is 5.82 Å². The highest BCUT2D eigenvalue weighted by Gasteiger charge is 2.08. The zero-order valence-corrected chi connectivity index (χ0v) is 11.4. The molecule has 0 aliphatic rings. The van der Waals surface area contributed by atoms with Crippen molar-refractivity contribution in [2.45, 2.75) is 39.2 Å². The molecule has 0 heterocycles. The Balaban J connectivity index is 2.41. The summed E-state index contributed by atoms with van der Waals surface area (Å²) in [4.78, 5) is 0. The second-order valence-corrected chi connectivity index (χ2v) is 4.43. The minimum atomic E-state index is -0.155. The molecule has 3 heteroatoms. The lowest BCUT2D eigenvalue weighted by Crippen LogP contribution is -2.31. The van der Waals surface area contributed by atoms with E-state index in [1.54, 1.807) is 12.1 Å². The average molecular weight is 253 g/mol. The molecule has 1 atom stereocenters. The highest BCUT2D eigenvalue weighted by molar-refractivity contribution is 5.17. The van der Waals surface area contributed by atoms with Crippen LogP contribution in [-0.2, 0) is 11.2 Å². The second kappa shape index (κ2) is 9.06. The number of benzene rings is 1. The van der Waals surface area contributed by atoms with Gasteiger partial charge in [0.15, 0.2) is 0 Å². The second-order valence-electron chi connectivity index (χ2n) is 4.43. The third-order valence-corrected chi connectivity index (χ3v) is 2.91. The Morgan fingerprint density at radius 3 is 2.83 bits per heavy atom. The van der Waals surface area contributed by atoms with Gasteiger partial charge in [-0.15, -0.1) is 0 Å². The van der Waals surface area contributed by atoms with Crippen LogP contribution in [0.3, 0.4) is 0 Å². The first-order chi connectivity index (χ1) is 8.76. The summed E-state index contributed by atoms with van der Waals surface area (Å²) < 4.78 is 18.5. The van der Waals surface area contributed by atoms with E-state index in [0.717, 1.165) is 44.6 Å². The highest BCUT2D eigenvalue weighted by Crippen LogP contribution is 2.10. The molecule has 2 nitrogen and oxygen atoms in total. The maximum Gasteiger partial charge on any atom is 0.123 e. The number of likely N-dealkylation sites (N-methyl/N-ethyl adjacent to an activating group) is 1. The maximum atomic E-state index is 13.1. The SMILES string of the molecule is CCNC(CCCOCC)Cc1cccc(F)c1. The van der Waals surface area contributed by atoms with Gasteiger partial charge in [0, 0.05) is 19.3 Å². The van der Waals surface area contributed by atoms with Gasteiger partial charge in [-0.05, 0) is 50.4 Å². The van der Waals surface area contributed by atoms with Crippen LogP contribution in [0.25, 0.3) is 0 Å². The summed E-state index contributed by atoms with van der Waals surface area (Å²) in [5.41, 5.74) is 1.05. The smallest absolute Gasteiger partial charge is 0.123 e. The molecule has 0 saturated heterocycles. The number of halogens is 1. The first kappa shape index (κ1) is 15.1. The quantitative estimate of drug-likeness (QED) is 0.683. The van der Waals surface area contributed by atoms with Gasteiger partial charge in [-0.1, -0.05) is 19.1 Å². The molecule has 1 aromatic carbocycles. The summed E-state index contributed by atoms with van der Waals surface area (Å²) in [6.07, 6.45) is 2.98. The number of hydrogen-bond acceptors (Lipinski definition) is 2. The minimum absolute atomic E-state index is 0.155. The van der Waals surface area contributed by atoms with Crippen molar-refractivity contribution in [2.75, 3.05) is 19.8 Å². The number of hydrogen-bond donors (Lipinski definition) is 1. The van der Waals surface area contributed by atoms with Crippen LogP contribution in [-0.4, -0.2) is 25.8 Å². The van der Waals surface area contributed by atoms with Crippen LogP contribution in [0.15, 0.2) is 24.3 Å². The summed E-state index contributed by atoms with van der Waals surface area (Å²) in [7, 11) is 0. The number of rotatable bonds is 9. The molecule has 0 radical (unpaired) electrons. The number of ether oxygens (including phenoxy) is 1. The molecule has 0 spiro atoms. The topological polar surface area (TPSA) is 21.3 Å². The molecule has 0 amide bonds. The van der Waals surface area contributed by atoms with Crippen molar-refractivity contribution in [1.82, 2.24) is 5.32 Å². The molecular weight excluding hydrogens is 229 g/mol. The van der Waals surface area contributed by atoms with Gasteiger partial charge in [0.2, 0.25) is 0 Å². The lowest BCUT2D eigenvalue weighted by Gasteiger charge is -2.18. The Bertz CT molecular complexity index is 330. The normalized spacial score (nSPS) is 12.6. The van der Waals surface area contributed by atoms with Gasteiger partial charge in [-0.3, -0.25) is 0 Å². The molecule has 0 bridgehead atoms. The van der Waals surface area contributed by atoms with Crippen molar-refractivity contribution in [3.05, 3.63) is 35.6 Å². The van der Waals surface area contributed by atoms with Crippen molar-refractivity contribution in [1.29, 1.82) is 0 Å². The minimum Gasteiger partial charge on any atom is -0.382 e. The first-order valence-corrected chi connectivity index (χ1v) is 6.81. The Labute approximate surface area is 110 Å². The maximum absolute atomic E-state index is 13.1. The van der Waals surface area contributed by atoms with Gasteiger partial charge in [0.05, 0.1) is 0 Å². The van der Waals surface area contributed by atoms with Gasteiger partial charge in [-0.25, -0.2) is 4.39 Å². The van der Waals surface area contributed by atoms with E-state index < -0.39 is 0 Å². The Morgan fingerprint density at radius 1 is 1.33 bits per heavy atom.